The van der Waals surface area contributed by atoms with E-state index in [0.29, 0.717) is 18.7 Å². The van der Waals surface area contributed by atoms with Crippen LogP contribution in [-0.2, 0) is 16.0 Å². The van der Waals surface area contributed by atoms with Crippen LogP contribution in [0.25, 0.3) is 0 Å². The minimum atomic E-state index is -0.549. The molecule has 0 saturated heterocycles. The first-order valence-corrected chi connectivity index (χ1v) is 10.7. The second-order valence-corrected chi connectivity index (χ2v) is 7.66. The monoisotopic (exact) mass is 440 g/mol. The molecule has 1 saturated carbocycles. The Labute approximate surface area is 186 Å². The van der Waals surface area contributed by atoms with Gasteiger partial charge in [-0.05, 0) is 62.4 Å². The van der Waals surface area contributed by atoms with Crippen LogP contribution in [0.4, 0.5) is 11.4 Å². The third-order valence-electron chi connectivity index (χ3n) is 5.33. The molecular weight excluding hydrogens is 412 g/mol. The highest BCUT2D eigenvalue weighted by Gasteiger charge is 2.28. The van der Waals surface area contributed by atoms with Crippen molar-refractivity contribution in [1.82, 2.24) is 5.32 Å². The van der Waals surface area contributed by atoms with E-state index in [1.54, 1.807) is 43.3 Å². The quantitative estimate of drug-likeness (QED) is 0.308. The van der Waals surface area contributed by atoms with Crippen molar-refractivity contribution in [3.63, 3.8) is 0 Å². The van der Waals surface area contributed by atoms with Crippen LogP contribution < -0.4 is 10.7 Å². The lowest BCUT2D eigenvalue weighted by Gasteiger charge is -2.29. The number of hydrogen-bond donors (Lipinski definition) is 3. The maximum Gasteiger partial charge on any atom is 0.323 e. The molecule has 0 aromatic heterocycles. The van der Waals surface area contributed by atoms with Crippen LogP contribution in [0.5, 0.6) is 5.75 Å². The normalized spacial score (nSPS) is 18.2. The fraction of sp³-hybridized carbons (Fsp3) is 0.391. The third kappa shape index (κ3) is 6.52. The van der Waals surface area contributed by atoms with Crippen LogP contribution in [0.15, 0.2) is 53.6 Å². The smallest absolute Gasteiger partial charge is 0.323 e. The van der Waals surface area contributed by atoms with Gasteiger partial charge in [-0.2, -0.15) is 5.10 Å². The minimum Gasteiger partial charge on any atom is -0.508 e. The number of ether oxygens (including phenoxy) is 1. The molecule has 1 aliphatic carbocycles. The molecule has 0 amide bonds. The predicted octanol–water partition coefficient (Wildman–Crippen LogP) is 3.77. The van der Waals surface area contributed by atoms with Gasteiger partial charge in [-0.3, -0.25) is 25.7 Å². The van der Waals surface area contributed by atoms with E-state index in [-0.39, 0.29) is 23.4 Å². The first-order valence-electron chi connectivity index (χ1n) is 10.7. The number of nitro benzene ring substituents is 1. The van der Waals surface area contributed by atoms with Gasteiger partial charge < -0.3 is 9.84 Å². The number of hydrazone groups is 1. The topological polar surface area (TPSA) is 126 Å². The maximum absolute atomic E-state index is 12.6. The van der Waals surface area contributed by atoms with Crippen molar-refractivity contribution in [1.29, 1.82) is 0 Å². The summed E-state index contributed by atoms with van der Waals surface area (Å²) in [5.74, 6) is -0.151. The van der Waals surface area contributed by atoms with E-state index >= 15 is 0 Å². The minimum absolute atomic E-state index is 0.0203. The van der Waals surface area contributed by atoms with Gasteiger partial charge in [-0.15, -0.1) is 0 Å². The number of aromatic hydroxyl groups is 1. The van der Waals surface area contributed by atoms with E-state index < -0.39 is 11.0 Å². The molecule has 0 spiro atoms. The van der Waals surface area contributed by atoms with Crippen LogP contribution in [0.1, 0.15) is 38.2 Å². The molecule has 170 valence electrons. The number of phenolic OH excluding ortho intramolecular Hbond substituents is 1. The Morgan fingerprint density at radius 2 is 1.94 bits per heavy atom. The number of hydrogen-bond acceptors (Lipinski definition) is 8. The van der Waals surface area contributed by atoms with E-state index in [9.17, 15) is 20.0 Å². The molecule has 9 heteroatoms. The maximum atomic E-state index is 12.6. The van der Waals surface area contributed by atoms with Crippen molar-refractivity contribution in [3.05, 3.63) is 64.2 Å². The molecule has 0 radical (unpaired) electrons. The summed E-state index contributed by atoms with van der Waals surface area (Å²) in [6, 6.07) is 12.2. The average molecular weight is 441 g/mol. The Hall–Kier alpha value is -3.46. The fourth-order valence-corrected chi connectivity index (χ4v) is 3.67. The average Bonchev–Trinajstić information content (AvgIpc) is 2.80. The molecule has 0 bridgehead atoms. The van der Waals surface area contributed by atoms with Gasteiger partial charge in [0.05, 0.1) is 22.9 Å². The Kier molecular flexibility index (Phi) is 8.15. The van der Waals surface area contributed by atoms with E-state index in [2.05, 4.69) is 15.8 Å². The van der Waals surface area contributed by atoms with E-state index in [4.69, 9.17) is 4.74 Å². The summed E-state index contributed by atoms with van der Waals surface area (Å²) in [5, 5.41) is 28.3. The van der Waals surface area contributed by atoms with Crippen molar-refractivity contribution in [2.24, 2.45) is 5.10 Å². The largest absolute Gasteiger partial charge is 0.508 e. The zero-order chi connectivity index (χ0) is 22.9. The SMILES string of the molecule is CCOC(=O)[C@H](Cc1ccc(O)cc1)NC1CCCC/C1=N/Nc1ccc([N+](=O)[O-])cc1. The molecule has 32 heavy (non-hydrogen) atoms. The zero-order valence-corrected chi connectivity index (χ0v) is 18.0. The number of esters is 1. The summed E-state index contributed by atoms with van der Waals surface area (Å²) in [4.78, 5) is 23.0. The number of anilines is 1. The van der Waals surface area contributed by atoms with Gasteiger partial charge in [0.15, 0.2) is 0 Å². The number of carbonyl (C=O) groups is 1. The van der Waals surface area contributed by atoms with E-state index in [0.717, 1.165) is 37.0 Å². The summed E-state index contributed by atoms with van der Waals surface area (Å²) in [6.07, 6.45) is 4.07. The number of non-ortho nitro benzene ring substituents is 1. The van der Waals surface area contributed by atoms with Crippen LogP contribution in [-0.4, -0.2) is 40.4 Å². The van der Waals surface area contributed by atoms with Gasteiger partial charge >= 0.3 is 5.97 Å². The Bertz CT molecular complexity index is 944. The third-order valence-corrected chi connectivity index (χ3v) is 5.33. The van der Waals surface area contributed by atoms with E-state index in [1.165, 1.54) is 12.1 Å². The van der Waals surface area contributed by atoms with Crippen molar-refractivity contribution < 1.29 is 19.6 Å². The number of nitrogens with zero attached hydrogens (tertiary/aromatic N) is 2. The summed E-state index contributed by atoms with van der Waals surface area (Å²) >= 11 is 0. The number of phenols is 1. The molecule has 2 aromatic rings. The highest BCUT2D eigenvalue weighted by Crippen LogP contribution is 2.20. The van der Waals surface area contributed by atoms with Crippen LogP contribution in [0.2, 0.25) is 0 Å². The Balaban J connectivity index is 1.72. The van der Waals surface area contributed by atoms with Gasteiger partial charge in [0.25, 0.3) is 5.69 Å². The first kappa shape index (κ1) is 23.2. The molecule has 3 rings (SSSR count). The molecule has 1 aliphatic rings. The fourth-order valence-electron chi connectivity index (χ4n) is 3.67. The van der Waals surface area contributed by atoms with Gasteiger partial charge in [-0.25, -0.2) is 0 Å². The number of rotatable bonds is 9. The van der Waals surface area contributed by atoms with Gasteiger partial charge in [0, 0.05) is 18.2 Å². The second kappa shape index (κ2) is 11.2. The van der Waals surface area contributed by atoms with Gasteiger partial charge in [0.1, 0.15) is 11.8 Å². The van der Waals surface area contributed by atoms with Crippen molar-refractivity contribution in [3.8, 4) is 5.75 Å². The summed E-state index contributed by atoms with van der Waals surface area (Å²) in [7, 11) is 0. The lowest BCUT2D eigenvalue weighted by Crippen LogP contribution is -2.50. The Morgan fingerprint density at radius 1 is 1.22 bits per heavy atom. The molecule has 1 fully saturated rings. The van der Waals surface area contributed by atoms with Crippen LogP contribution >= 0.6 is 0 Å². The molecule has 2 aromatic carbocycles. The lowest BCUT2D eigenvalue weighted by molar-refractivity contribution is -0.384. The molecule has 0 aliphatic heterocycles. The predicted molar refractivity (Wildman–Crippen MR) is 122 cm³/mol. The van der Waals surface area contributed by atoms with Crippen molar-refractivity contribution >= 4 is 23.1 Å². The van der Waals surface area contributed by atoms with E-state index in [1.807, 2.05) is 0 Å². The standard InChI is InChI=1S/C23H28N4O5/c1-2-32-23(29)22(15-16-7-13-19(28)14-8-16)24-20-5-3-4-6-21(20)26-25-17-9-11-18(12-10-17)27(30)31/h7-14,20,22,24-25,28H,2-6,15H2,1H3/b26-21-/t20?,22-/m0/s1. The molecule has 9 nitrogen and oxygen atoms in total. The molecule has 2 atom stereocenters. The summed E-state index contributed by atoms with van der Waals surface area (Å²) < 4.78 is 5.28. The molecule has 1 unspecified atom stereocenters. The number of nitro groups is 1. The van der Waals surface area contributed by atoms with Crippen molar-refractivity contribution in [2.75, 3.05) is 12.0 Å². The number of carbonyl (C=O) groups excluding carboxylic acids is 1. The van der Waals surface area contributed by atoms with Gasteiger partial charge in [0.2, 0.25) is 0 Å². The highest BCUT2D eigenvalue weighted by atomic mass is 16.6. The van der Waals surface area contributed by atoms with Gasteiger partial charge in [-0.1, -0.05) is 18.6 Å². The van der Waals surface area contributed by atoms with Crippen LogP contribution in [0, 0.1) is 10.1 Å². The molecule has 0 heterocycles. The molecular formula is C23H28N4O5. The summed E-state index contributed by atoms with van der Waals surface area (Å²) in [6.45, 7) is 2.07. The number of nitrogens with one attached hydrogen (secondary N) is 2. The first-order chi connectivity index (χ1) is 15.5. The Morgan fingerprint density at radius 3 is 2.59 bits per heavy atom. The van der Waals surface area contributed by atoms with Crippen molar-refractivity contribution in [2.45, 2.75) is 51.1 Å². The van der Waals surface area contributed by atoms with Crippen LogP contribution in [0.3, 0.4) is 0 Å². The zero-order valence-electron chi connectivity index (χ0n) is 18.0. The lowest BCUT2D eigenvalue weighted by atomic mass is 9.92. The summed E-state index contributed by atoms with van der Waals surface area (Å²) in [5.41, 5.74) is 5.45. The number of benzene rings is 2. The second-order valence-electron chi connectivity index (χ2n) is 7.66. The molecule has 3 N–H and O–H groups in total. The highest BCUT2D eigenvalue weighted by molar-refractivity contribution is 5.91.